The average Bonchev–Trinajstić information content (AvgIpc) is 2.71. The molecule has 5 nitrogen and oxygen atoms in total. The number of ether oxygens (including phenoxy) is 1. The van der Waals surface area contributed by atoms with E-state index < -0.39 is 0 Å². The predicted octanol–water partition coefficient (Wildman–Crippen LogP) is 4.61. The summed E-state index contributed by atoms with van der Waals surface area (Å²) in [5.41, 5.74) is 5.47. The largest absolute Gasteiger partial charge is 0.497 e. The van der Waals surface area contributed by atoms with Crippen LogP contribution in [0.1, 0.15) is 27.2 Å². The number of methoxy groups -OCH3 is 1. The van der Waals surface area contributed by atoms with E-state index in [1.807, 2.05) is 50.2 Å². The highest BCUT2D eigenvalue weighted by molar-refractivity contribution is 6.03. The van der Waals surface area contributed by atoms with Crippen molar-refractivity contribution in [2.24, 2.45) is 0 Å². The maximum Gasteiger partial charge on any atom is 0.274 e. The van der Waals surface area contributed by atoms with Crippen LogP contribution in [0, 0.1) is 13.8 Å². The number of aromatic nitrogens is 1. The molecule has 3 aromatic rings. The Morgan fingerprint density at radius 1 is 1.04 bits per heavy atom. The molecule has 2 aromatic carbocycles. The number of anilines is 2. The molecule has 0 bridgehead atoms. The normalized spacial score (nSPS) is 10.4. The first-order chi connectivity index (χ1) is 13.5. The van der Waals surface area contributed by atoms with Crippen LogP contribution in [-0.2, 0) is 6.42 Å². The van der Waals surface area contributed by atoms with Crippen molar-refractivity contribution < 1.29 is 9.53 Å². The smallest absolute Gasteiger partial charge is 0.274 e. The monoisotopic (exact) mass is 375 g/mol. The number of hydrogen-bond donors (Lipinski definition) is 2. The summed E-state index contributed by atoms with van der Waals surface area (Å²) in [6.07, 6.45) is 2.52. The van der Waals surface area contributed by atoms with Crippen molar-refractivity contribution in [1.29, 1.82) is 0 Å². The van der Waals surface area contributed by atoms with E-state index in [0.717, 1.165) is 41.2 Å². The Labute approximate surface area is 165 Å². The molecule has 0 atom stereocenters. The molecular weight excluding hydrogens is 350 g/mol. The summed E-state index contributed by atoms with van der Waals surface area (Å²) in [5, 5.41) is 6.28. The highest BCUT2D eigenvalue weighted by Gasteiger charge is 2.10. The van der Waals surface area contributed by atoms with Crippen LogP contribution in [0.15, 0.2) is 60.8 Å². The summed E-state index contributed by atoms with van der Waals surface area (Å²) < 4.78 is 5.17. The third kappa shape index (κ3) is 5.10. The zero-order valence-electron chi connectivity index (χ0n) is 16.5. The van der Waals surface area contributed by atoms with Gasteiger partial charge in [0.1, 0.15) is 11.4 Å². The van der Waals surface area contributed by atoms with Crippen LogP contribution >= 0.6 is 0 Å². The number of benzene rings is 2. The summed E-state index contributed by atoms with van der Waals surface area (Å²) in [7, 11) is 1.66. The van der Waals surface area contributed by atoms with Gasteiger partial charge >= 0.3 is 0 Å². The SMILES string of the molecule is COc1ccc(CCNc2ccnc(C(=O)Nc3ccc(C)cc3C)c2)cc1. The number of carbonyl (C=O) groups excluding carboxylic acids is 1. The second kappa shape index (κ2) is 9.04. The molecule has 0 aliphatic carbocycles. The van der Waals surface area contributed by atoms with Gasteiger partial charge < -0.3 is 15.4 Å². The molecular formula is C23H25N3O2. The Bertz CT molecular complexity index is 952. The molecule has 0 aliphatic rings. The van der Waals surface area contributed by atoms with Crippen molar-refractivity contribution in [3.8, 4) is 5.75 Å². The number of aryl methyl sites for hydroxylation is 2. The Hall–Kier alpha value is -3.34. The number of rotatable bonds is 7. The van der Waals surface area contributed by atoms with Gasteiger partial charge in [-0.2, -0.15) is 0 Å². The third-order valence-corrected chi connectivity index (χ3v) is 4.52. The fourth-order valence-electron chi connectivity index (χ4n) is 2.95. The predicted molar refractivity (Wildman–Crippen MR) is 113 cm³/mol. The van der Waals surface area contributed by atoms with Crippen molar-refractivity contribution in [1.82, 2.24) is 4.98 Å². The molecule has 0 fully saturated rings. The Morgan fingerprint density at radius 3 is 2.54 bits per heavy atom. The van der Waals surface area contributed by atoms with E-state index in [1.54, 1.807) is 19.4 Å². The first-order valence-corrected chi connectivity index (χ1v) is 9.26. The highest BCUT2D eigenvalue weighted by atomic mass is 16.5. The lowest BCUT2D eigenvalue weighted by atomic mass is 10.1. The van der Waals surface area contributed by atoms with Crippen LogP contribution in [-0.4, -0.2) is 24.5 Å². The van der Waals surface area contributed by atoms with Gasteiger partial charge in [-0.3, -0.25) is 9.78 Å². The first-order valence-electron chi connectivity index (χ1n) is 9.26. The molecule has 1 amide bonds. The number of amides is 1. The number of hydrogen-bond acceptors (Lipinski definition) is 4. The van der Waals surface area contributed by atoms with Gasteiger partial charge in [-0.15, -0.1) is 0 Å². The van der Waals surface area contributed by atoms with Crippen molar-refractivity contribution >= 4 is 17.3 Å². The first kappa shape index (κ1) is 19.4. The third-order valence-electron chi connectivity index (χ3n) is 4.52. The second-order valence-electron chi connectivity index (χ2n) is 6.73. The van der Waals surface area contributed by atoms with E-state index in [0.29, 0.717) is 5.69 Å². The molecule has 0 saturated carbocycles. The van der Waals surface area contributed by atoms with E-state index in [1.165, 1.54) is 5.56 Å². The summed E-state index contributed by atoms with van der Waals surface area (Å²) in [5.74, 6) is 0.635. The highest BCUT2D eigenvalue weighted by Crippen LogP contribution is 2.18. The fraction of sp³-hybridized carbons (Fsp3) is 0.217. The molecule has 28 heavy (non-hydrogen) atoms. The minimum absolute atomic E-state index is 0.217. The van der Waals surface area contributed by atoms with E-state index in [-0.39, 0.29) is 5.91 Å². The van der Waals surface area contributed by atoms with Crippen molar-refractivity contribution in [3.63, 3.8) is 0 Å². The Kier molecular flexibility index (Phi) is 6.27. The van der Waals surface area contributed by atoms with Gasteiger partial charge in [0, 0.05) is 24.1 Å². The molecule has 1 aromatic heterocycles. The topological polar surface area (TPSA) is 63.2 Å². The quantitative estimate of drug-likeness (QED) is 0.633. The van der Waals surface area contributed by atoms with E-state index >= 15 is 0 Å². The molecule has 0 saturated heterocycles. The number of carbonyl (C=O) groups is 1. The average molecular weight is 375 g/mol. The fourth-order valence-corrected chi connectivity index (χ4v) is 2.95. The molecule has 5 heteroatoms. The summed E-state index contributed by atoms with van der Waals surface area (Å²) in [4.78, 5) is 16.7. The van der Waals surface area contributed by atoms with Crippen molar-refractivity contribution in [2.45, 2.75) is 20.3 Å². The van der Waals surface area contributed by atoms with Crippen molar-refractivity contribution in [3.05, 3.63) is 83.2 Å². The van der Waals surface area contributed by atoms with Gasteiger partial charge in [-0.1, -0.05) is 29.8 Å². The molecule has 1 heterocycles. The molecule has 0 radical (unpaired) electrons. The minimum Gasteiger partial charge on any atom is -0.497 e. The van der Waals surface area contributed by atoms with E-state index in [2.05, 4.69) is 27.8 Å². The standard InChI is InChI=1S/C23H25N3O2/c1-16-4-9-21(17(2)14-16)26-23(27)22-15-19(11-13-25-22)24-12-10-18-5-7-20(28-3)8-6-18/h4-9,11,13-15H,10,12H2,1-3H3,(H,24,25)(H,26,27). The van der Waals surface area contributed by atoms with Crippen LogP contribution in [0.4, 0.5) is 11.4 Å². The summed E-state index contributed by atoms with van der Waals surface area (Å²) in [6.45, 7) is 4.77. The van der Waals surface area contributed by atoms with Crippen LogP contribution in [0.3, 0.4) is 0 Å². The zero-order valence-corrected chi connectivity index (χ0v) is 16.5. The lowest BCUT2D eigenvalue weighted by Crippen LogP contribution is -2.15. The molecule has 0 unspecified atom stereocenters. The van der Waals surface area contributed by atoms with Gasteiger partial charge in [0.25, 0.3) is 5.91 Å². The van der Waals surface area contributed by atoms with Gasteiger partial charge in [0.2, 0.25) is 0 Å². The Balaban J connectivity index is 1.58. The number of nitrogens with zero attached hydrogens (tertiary/aromatic N) is 1. The van der Waals surface area contributed by atoms with E-state index in [9.17, 15) is 4.79 Å². The zero-order chi connectivity index (χ0) is 19.9. The number of pyridine rings is 1. The molecule has 144 valence electrons. The lowest BCUT2D eigenvalue weighted by Gasteiger charge is -2.10. The number of nitrogens with one attached hydrogen (secondary N) is 2. The Morgan fingerprint density at radius 2 is 1.82 bits per heavy atom. The molecule has 3 rings (SSSR count). The molecule has 2 N–H and O–H groups in total. The minimum atomic E-state index is -0.217. The second-order valence-corrected chi connectivity index (χ2v) is 6.73. The summed E-state index contributed by atoms with van der Waals surface area (Å²) in [6, 6.07) is 17.6. The van der Waals surface area contributed by atoms with E-state index in [4.69, 9.17) is 4.74 Å². The van der Waals surface area contributed by atoms with Gasteiger partial charge in [0.15, 0.2) is 0 Å². The van der Waals surface area contributed by atoms with Gasteiger partial charge in [-0.25, -0.2) is 0 Å². The maximum absolute atomic E-state index is 12.5. The van der Waals surface area contributed by atoms with Crippen LogP contribution in [0.25, 0.3) is 0 Å². The van der Waals surface area contributed by atoms with Crippen LogP contribution in [0.5, 0.6) is 5.75 Å². The maximum atomic E-state index is 12.5. The van der Waals surface area contributed by atoms with Crippen molar-refractivity contribution in [2.75, 3.05) is 24.3 Å². The lowest BCUT2D eigenvalue weighted by molar-refractivity contribution is 0.102. The van der Waals surface area contributed by atoms with Crippen LogP contribution in [0.2, 0.25) is 0 Å². The van der Waals surface area contributed by atoms with Gasteiger partial charge in [-0.05, 0) is 61.7 Å². The molecule has 0 aliphatic heterocycles. The van der Waals surface area contributed by atoms with Crippen LogP contribution < -0.4 is 15.4 Å². The van der Waals surface area contributed by atoms with Gasteiger partial charge in [0.05, 0.1) is 7.11 Å². The summed E-state index contributed by atoms with van der Waals surface area (Å²) >= 11 is 0. The molecule has 0 spiro atoms.